The van der Waals surface area contributed by atoms with Crippen LogP contribution in [0.4, 0.5) is 0 Å². The smallest absolute Gasteiger partial charge is 0.339 e. The Bertz CT molecular complexity index is 739. The van der Waals surface area contributed by atoms with Crippen molar-refractivity contribution in [3.63, 3.8) is 0 Å². The van der Waals surface area contributed by atoms with Crippen LogP contribution in [0.1, 0.15) is 65.8 Å². The molecule has 0 saturated carbocycles. The Labute approximate surface area is 161 Å². The number of hydrogen-bond donors (Lipinski definition) is 1. The maximum atomic E-state index is 12.8. The highest BCUT2D eigenvalue weighted by Gasteiger charge is 2.26. The number of rotatable bonds is 10. The molecule has 0 aliphatic rings. The monoisotopic (exact) mass is 368 g/mol. The quantitative estimate of drug-likeness (QED) is 0.573. The van der Waals surface area contributed by atoms with Crippen molar-refractivity contribution in [2.75, 3.05) is 0 Å². The van der Waals surface area contributed by atoms with Crippen LogP contribution in [-0.2, 0) is 11.2 Å². The van der Waals surface area contributed by atoms with E-state index in [0.717, 1.165) is 31.2 Å². The Morgan fingerprint density at radius 2 is 1.59 bits per heavy atom. The van der Waals surface area contributed by atoms with Crippen molar-refractivity contribution in [1.82, 2.24) is 0 Å². The van der Waals surface area contributed by atoms with Gasteiger partial charge in [0.2, 0.25) is 0 Å². The lowest BCUT2D eigenvalue weighted by Gasteiger charge is -2.27. The molecule has 0 bridgehead atoms. The number of carboxylic acid groups (broad SMARTS) is 1. The number of carbonyl (C=O) groups excluding carboxylic acids is 1. The van der Waals surface area contributed by atoms with Gasteiger partial charge in [-0.2, -0.15) is 0 Å². The highest BCUT2D eigenvalue weighted by atomic mass is 16.5. The van der Waals surface area contributed by atoms with Gasteiger partial charge in [-0.1, -0.05) is 69.2 Å². The summed E-state index contributed by atoms with van der Waals surface area (Å²) in [5.41, 5.74) is 1.19. The van der Waals surface area contributed by atoms with Gasteiger partial charge in [0, 0.05) is 6.42 Å². The highest BCUT2D eigenvalue weighted by Crippen LogP contribution is 2.24. The number of unbranched alkanes of at least 4 members (excludes halogenated alkanes) is 1. The van der Waals surface area contributed by atoms with Gasteiger partial charge in [0.15, 0.2) is 0 Å². The van der Waals surface area contributed by atoms with E-state index >= 15 is 0 Å². The lowest BCUT2D eigenvalue weighted by molar-refractivity contribution is 0.0112. The molecule has 1 N–H and O–H groups in total. The van der Waals surface area contributed by atoms with Crippen molar-refractivity contribution in [2.24, 2.45) is 5.92 Å². The normalized spacial score (nSPS) is 13.0. The summed E-state index contributed by atoms with van der Waals surface area (Å²) >= 11 is 0. The van der Waals surface area contributed by atoms with Crippen molar-refractivity contribution >= 4 is 11.9 Å². The molecular weight excluding hydrogens is 340 g/mol. The van der Waals surface area contributed by atoms with Crippen LogP contribution in [-0.4, -0.2) is 23.1 Å². The molecule has 27 heavy (non-hydrogen) atoms. The lowest BCUT2D eigenvalue weighted by Crippen LogP contribution is -2.29. The van der Waals surface area contributed by atoms with Gasteiger partial charge in [-0.05, 0) is 36.5 Å². The summed E-state index contributed by atoms with van der Waals surface area (Å²) in [5.74, 6) is -1.45. The standard InChI is InChI=1S/C23H28O4/c1-3-5-13-18(4-2)21(16-17-11-7-6-8-12-17)27-23(26)20-15-10-9-14-19(20)22(24)25/h6-12,14-15,18,21H,3-5,13,16H2,1-2H3,(H,24,25). The first kappa shape index (κ1) is 20.7. The summed E-state index contributed by atoms with van der Waals surface area (Å²) in [6, 6.07) is 16.2. The molecule has 2 aromatic carbocycles. The number of carboxylic acids is 1. The Morgan fingerprint density at radius 3 is 2.19 bits per heavy atom. The van der Waals surface area contributed by atoms with E-state index in [-0.39, 0.29) is 23.1 Å². The second-order valence-electron chi connectivity index (χ2n) is 6.79. The number of esters is 1. The van der Waals surface area contributed by atoms with Crippen LogP contribution in [0, 0.1) is 5.92 Å². The molecule has 0 fully saturated rings. The maximum Gasteiger partial charge on any atom is 0.339 e. The van der Waals surface area contributed by atoms with E-state index in [0.29, 0.717) is 6.42 Å². The fourth-order valence-corrected chi connectivity index (χ4v) is 3.32. The highest BCUT2D eigenvalue weighted by molar-refractivity contribution is 6.02. The molecule has 2 unspecified atom stereocenters. The fourth-order valence-electron chi connectivity index (χ4n) is 3.32. The van der Waals surface area contributed by atoms with Crippen LogP contribution in [0.25, 0.3) is 0 Å². The van der Waals surface area contributed by atoms with Gasteiger partial charge in [0.1, 0.15) is 6.10 Å². The van der Waals surface area contributed by atoms with Crippen LogP contribution < -0.4 is 0 Å². The number of carbonyl (C=O) groups is 2. The number of ether oxygens (including phenoxy) is 1. The molecule has 144 valence electrons. The first-order valence-corrected chi connectivity index (χ1v) is 9.64. The van der Waals surface area contributed by atoms with E-state index in [1.54, 1.807) is 12.1 Å². The van der Waals surface area contributed by atoms with Crippen LogP contribution >= 0.6 is 0 Å². The Morgan fingerprint density at radius 1 is 0.963 bits per heavy atom. The molecule has 0 aliphatic heterocycles. The summed E-state index contributed by atoms with van der Waals surface area (Å²) in [6.07, 6.45) is 4.41. The van der Waals surface area contributed by atoms with Crippen LogP contribution in [0.3, 0.4) is 0 Å². The van der Waals surface area contributed by atoms with Crippen LogP contribution in [0.2, 0.25) is 0 Å². The molecule has 0 amide bonds. The minimum atomic E-state index is -1.12. The van der Waals surface area contributed by atoms with Gasteiger partial charge in [0.25, 0.3) is 0 Å². The third-order valence-corrected chi connectivity index (χ3v) is 4.89. The molecule has 2 rings (SSSR count). The number of hydrogen-bond acceptors (Lipinski definition) is 3. The zero-order valence-electron chi connectivity index (χ0n) is 16.1. The first-order chi connectivity index (χ1) is 13.1. The molecule has 0 spiro atoms. The predicted molar refractivity (Wildman–Crippen MR) is 106 cm³/mol. The second-order valence-corrected chi connectivity index (χ2v) is 6.79. The largest absolute Gasteiger partial charge is 0.478 e. The average molecular weight is 368 g/mol. The third kappa shape index (κ3) is 5.95. The minimum Gasteiger partial charge on any atom is -0.478 e. The van der Waals surface area contributed by atoms with Gasteiger partial charge in [-0.15, -0.1) is 0 Å². The molecular formula is C23H28O4. The Kier molecular flexibility index (Phi) is 8.05. The average Bonchev–Trinajstić information content (AvgIpc) is 2.69. The summed E-state index contributed by atoms with van der Waals surface area (Å²) in [5, 5.41) is 9.35. The van der Waals surface area contributed by atoms with E-state index < -0.39 is 11.9 Å². The van der Waals surface area contributed by atoms with Crippen molar-refractivity contribution in [1.29, 1.82) is 0 Å². The fraction of sp³-hybridized carbons (Fsp3) is 0.391. The molecule has 2 atom stereocenters. The minimum absolute atomic E-state index is 0.0254. The number of aromatic carboxylic acids is 1. The van der Waals surface area contributed by atoms with Crippen LogP contribution in [0.5, 0.6) is 0 Å². The molecule has 0 heterocycles. The van der Waals surface area contributed by atoms with Gasteiger partial charge >= 0.3 is 11.9 Å². The molecule has 2 aromatic rings. The zero-order valence-corrected chi connectivity index (χ0v) is 16.1. The summed E-state index contributed by atoms with van der Waals surface area (Å²) in [7, 11) is 0. The SMILES string of the molecule is CCCCC(CC)C(Cc1ccccc1)OC(=O)c1ccccc1C(=O)O. The molecule has 4 heteroatoms. The van der Waals surface area contributed by atoms with E-state index in [2.05, 4.69) is 13.8 Å². The van der Waals surface area contributed by atoms with E-state index in [1.165, 1.54) is 12.1 Å². The maximum absolute atomic E-state index is 12.8. The lowest BCUT2D eigenvalue weighted by atomic mass is 9.89. The van der Waals surface area contributed by atoms with E-state index in [4.69, 9.17) is 4.74 Å². The third-order valence-electron chi connectivity index (χ3n) is 4.89. The van der Waals surface area contributed by atoms with E-state index in [9.17, 15) is 14.7 Å². The first-order valence-electron chi connectivity index (χ1n) is 9.64. The van der Waals surface area contributed by atoms with Gasteiger partial charge < -0.3 is 9.84 Å². The van der Waals surface area contributed by atoms with Gasteiger partial charge in [0.05, 0.1) is 11.1 Å². The van der Waals surface area contributed by atoms with Crippen molar-refractivity contribution in [3.8, 4) is 0 Å². The van der Waals surface area contributed by atoms with Crippen molar-refractivity contribution in [2.45, 2.75) is 52.1 Å². The van der Waals surface area contributed by atoms with Crippen LogP contribution in [0.15, 0.2) is 54.6 Å². The molecule has 4 nitrogen and oxygen atoms in total. The Balaban J connectivity index is 2.24. The summed E-state index contributed by atoms with van der Waals surface area (Å²) in [4.78, 5) is 24.2. The van der Waals surface area contributed by atoms with Gasteiger partial charge in [-0.3, -0.25) is 0 Å². The van der Waals surface area contributed by atoms with Gasteiger partial charge in [-0.25, -0.2) is 9.59 Å². The topological polar surface area (TPSA) is 63.6 Å². The van der Waals surface area contributed by atoms with Crippen molar-refractivity contribution in [3.05, 3.63) is 71.3 Å². The second kappa shape index (κ2) is 10.5. The molecule has 0 radical (unpaired) electrons. The van der Waals surface area contributed by atoms with Crippen molar-refractivity contribution < 1.29 is 19.4 Å². The summed E-state index contributed by atoms with van der Waals surface area (Å²) in [6.45, 7) is 4.26. The van der Waals surface area contributed by atoms with E-state index in [1.807, 2.05) is 30.3 Å². The molecule has 0 aliphatic carbocycles. The summed E-state index contributed by atoms with van der Waals surface area (Å²) < 4.78 is 5.88. The predicted octanol–water partition coefficient (Wildman–Crippen LogP) is 5.37. The zero-order chi connectivity index (χ0) is 19.6. The number of benzene rings is 2. The Hall–Kier alpha value is -2.62. The molecule has 0 saturated heterocycles. The molecule has 0 aromatic heterocycles.